The SMILES string of the molecule is CCCCCCCN(C(=O)CNC(=O)OC(C)(C)C)C(C(=O)NCC(=O)OC)c1ccccc1C. The largest absolute Gasteiger partial charge is 0.468 e. The molecular weight excluding hydrogens is 450 g/mol. The van der Waals surface area contributed by atoms with Gasteiger partial charge in [0.05, 0.1) is 7.11 Å². The lowest BCUT2D eigenvalue weighted by Crippen LogP contribution is -2.49. The van der Waals surface area contributed by atoms with Gasteiger partial charge in [0.15, 0.2) is 0 Å². The normalized spacial score (nSPS) is 11.8. The van der Waals surface area contributed by atoms with Gasteiger partial charge < -0.3 is 25.0 Å². The van der Waals surface area contributed by atoms with Gasteiger partial charge in [0.1, 0.15) is 24.7 Å². The number of hydrogen-bond acceptors (Lipinski definition) is 6. The van der Waals surface area contributed by atoms with Crippen molar-refractivity contribution in [2.24, 2.45) is 0 Å². The first-order chi connectivity index (χ1) is 16.5. The summed E-state index contributed by atoms with van der Waals surface area (Å²) in [5.74, 6) is -1.51. The second-order valence-corrected chi connectivity index (χ2v) is 9.41. The predicted molar refractivity (Wildman–Crippen MR) is 134 cm³/mol. The summed E-state index contributed by atoms with van der Waals surface area (Å²) in [6.45, 7) is 8.87. The van der Waals surface area contributed by atoms with E-state index in [1.165, 1.54) is 12.0 Å². The highest BCUT2D eigenvalue weighted by Crippen LogP contribution is 2.25. The monoisotopic (exact) mass is 491 g/mol. The zero-order valence-corrected chi connectivity index (χ0v) is 21.9. The number of nitrogens with zero attached hydrogens (tertiary/aromatic N) is 1. The summed E-state index contributed by atoms with van der Waals surface area (Å²) in [6, 6.07) is 6.32. The fraction of sp³-hybridized carbons (Fsp3) is 0.615. The smallest absolute Gasteiger partial charge is 0.408 e. The lowest BCUT2D eigenvalue weighted by molar-refractivity contribution is -0.143. The summed E-state index contributed by atoms with van der Waals surface area (Å²) in [4.78, 5) is 51.9. The number of carbonyl (C=O) groups is 4. The second kappa shape index (κ2) is 15.0. The number of methoxy groups -OCH3 is 1. The van der Waals surface area contributed by atoms with E-state index in [0.29, 0.717) is 18.5 Å². The van der Waals surface area contributed by atoms with Gasteiger partial charge >= 0.3 is 12.1 Å². The summed E-state index contributed by atoms with van der Waals surface area (Å²) < 4.78 is 9.86. The molecule has 9 heteroatoms. The molecule has 1 atom stereocenters. The summed E-state index contributed by atoms with van der Waals surface area (Å²) in [6.07, 6.45) is 4.10. The first-order valence-corrected chi connectivity index (χ1v) is 12.2. The molecule has 0 spiro atoms. The van der Waals surface area contributed by atoms with Crippen LogP contribution in [0.2, 0.25) is 0 Å². The standard InChI is InChI=1S/C26H41N3O6/c1-7-8-9-10-13-16-29(21(30)17-28-25(33)35-26(3,4)5)23(20-15-12-11-14-19(20)2)24(32)27-18-22(31)34-6/h11-12,14-15,23H,7-10,13,16-18H2,1-6H3,(H,27,32)(H,28,33). The Morgan fingerprint density at radius 2 is 1.63 bits per heavy atom. The fourth-order valence-corrected chi connectivity index (χ4v) is 3.52. The Bertz CT molecular complexity index is 850. The number of aryl methyl sites for hydroxylation is 1. The molecule has 2 N–H and O–H groups in total. The molecule has 1 rings (SSSR count). The summed E-state index contributed by atoms with van der Waals surface area (Å²) in [5, 5.41) is 5.07. The first-order valence-electron chi connectivity index (χ1n) is 12.2. The number of benzene rings is 1. The number of nitrogens with one attached hydrogen (secondary N) is 2. The molecule has 0 aliphatic rings. The van der Waals surface area contributed by atoms with E-state index in [1.54, 1.807) is 32.9 Å². The van der Waals surface area contributed by atoms with Gasteiger partial charge in [-0.1, -0.05) is 56.9 Å². The average Bonchev–Trinajstić information content (AvgIpc) is 2.79. The first kappa shape index (κ1) is 29.9. The van der Waals surface area contributed by atoms with Crippen LogP contribution in [-0.2, 0) is 23.9 Å². The van der Waals surface area contributed by atoms with Crippen LogP contribution in [0, 0.1) is 6.92 Å². The fourth-order valence-electron chi connectivity index (χ4n) is 3.52. The van der Waals surface area contributed by atoms with Gasteiger partial charge in [-0.25, -0.2) is 4.79 Å². The van der Waals surface area contributed by atoms with Crippen LogP contribution in [0.1, 0.15) is 77.0 Å². The van der Waals surface area contributed by atoms with Gasteiger partial charge in [0.2, 0.25) is 11.8 Å². The van der Waals surface area contributed by atoms with Crippen molar-refractivity contribution < 1.29 is 28.7 Å². The zero-order valence-electron chi connectivity index (χ0n) is 21.9. The van der Waals surface area contributed by atoms with Gasteiger partial charge in [0.25, 0.3) is 0 Å². The van der Waals surface area contributed by atoms with Crippen molar-refractivity contribution in [3.05, 3.63) is 35.4 Å². The number of esters is 1. The number of hydrogen-bond donors (Lipinski definition) is 2. The molecule has 0 saturated carbocycles. The summed E-state index contributed by atoms with van der Waals surface area (Å²) in [5.41, 5.74) is 0.771. The molecule has 35 heavy (non-hydrogen) atoms. The lowest BCUT2D eigenvalue weighted by atomic mass is 9.98. The molecular formula is C26H41N3O6. The van der Waals surface area contributed by atoms with E-state index in [-0.39, 0.29) is 13.1 Å². The number of unbranched alkanes of at least 4 members (excludes halogenated alkanes) is 4. The van der Waals surface area contributed by atoms with Crippen LogP contribution < -0.4 is 10.6 Å². The topological polar surface area (TPSA) is 114 Å². The average molecular weight is 492 g/mol. The van der Waals surface area contributed by atoms with Crippen LogP contribution in [0.25, 0.3) is 0 Å². The Morgan fingerprint density at radius 3 is 2.23 bits per heavy atom. The molecule has 1 aromatic rings. The maximum Gasteiger partial charge on any atom is 0.408 e. The van der Waals surface area contributed by atoms with Crippen LogP contribution in [0.3, 0.4) is 0 Å². The molecule has 0 aliphatic carbocycles. The Balaban J connectivity index is 3.19. The predicted octanol–water partition coefficient (Wildman–Crippen LogP) is 3.65. The molecule has 1 aromatic carbocycles. The van der Waals surface area contributed by atoms with Crippen molar-refractivity contribution in [3.63, 3.8) is 0 Å². The number of amides is 3. The number of rotatable bonds is 13. The van der Waals surface area contributed by atoms with Gasteiger partial charge in [-0.05, 0) is 45.2 Å². The third kappa shape index (κ3) is 11.2. The highest BCUT2D eigenvalue weighted by molar-refractivity contribution is 5.92. The Morgan fingerprint density at radius 1 is 0.971 bits per heavy atom. The maximum atomic E-state index is 13.3. The van der Waals surface area contributed by atoms with Crippen LogP contribution in [0.15, 0.2) is 24.3 Å². The van der Waals surface area contributed by atoms with Crippen molar-refractivity contribution in [1.29, 1.82) is 0 Å². The van der Waals surface area contributed by atoms with Crippen LogP contribution in [0.5, 0.6) is 0 Å². The summed E-state index contributed by atoms with van der Waals surface area (Å²) in [7, 11) is 1.24. The van der Waals surface area contributed by atoms with E-state index in [4.69, 9.17) is 4.74 Å². The minimum atomic E-state index is -0.972. The second-order valence-electron chi connectivity index (χ2n) is 9.41. The Labute approximate surface area is 208 Å². The third-order valence-corrected chi connectivity index (χ3v) is 5.28. The quantitative estimate of drug-likeness (QED) is 0.322. The molecule has 3 amide bonds. The minimum absolute atomic E-state index is 0.313. The zero-order chi connectivity index (χ0) is 26.4. The van der Waals surface area contributed by atoms with E-state index in [0.717, 1.165) is 31.2 Å². The molecule has 0 aromatic heterocycles. The molecule has 9 nitrogen and oxygen atoms in total. The van der Waals surface area contributed by atoms with E-state index in [2.05, 4.69) is 22.3 Å². The lowest BCUT2D eigenvalue weighted by Gasteiger charge is -2.32. The Hall–Kier alpha value is -3.10. The van der Waals surface area contributed by atoms with Crippen molar-refractivity contribution in [2.75, 3.05) is 26.7 Å². The van der Waals surface area contributed by atoms with Crippen LogP contribution in [0.4, 0.5) is 4.79 Å². The van der Waals surface area contributed by atoms with Crippen molar-refractivity contribution in [2.45, 2.75) is 78.4 Å². The molecule has 0 aliphatic heterocycles. The number of alkyl carbamates (subject to hydrolysis) is 1. The molecule has 196 valence electrons. The molecule has 0 radical (unpaired) electrons. The van der Waals surface area contributed by atoms with E-state index in [1.807, 2.05) is 19.1 Å². The Kier molecular flexibility index (Phi) is 12.8. The van der Waals surface area contributed by atoms with E-state index < -0.39 is 35.5 Å². The maximum absolute atomic E-state index is 13.3. The molecule has 0 bridgehead atoms. The van der Waals surface area contributed by atoms with Gasteiger partial charge in [0, 0.05) is 6.54 Å². The number of ether oxygens (including phenoxy) is 2. The van der Waals surface area contributed by atoms with E-state index >= 15 is 0 Å². The highest BCUT2D eigenvalue weighted by Gasteiger charge is 2.32. The molecule has 0 fully saturated rings. The highest BCUT2D eigenvalue weighted by atomic mass is 16.6. The molecule has 0 saturated heterocycles. The van der Waals surface area contributed by atoms with Gasteiger partial charge in [-0.15, -0.1) is 0 Å². The molecule has 1 unspecified atom stereocenters. The minimum Gasteiger partial charge on any atom is -0.468 e. The van der Waals surface area contributed by atoms with Crippen molar-refractivity contribution in [3.8, 4) is 0 Å². The number of carbonyl (C=O) groups excluding carboxylic acids is 4. The third-order valence-electron chi connectivity index (χ3n) is 5.28. The van der Waals surface area contributed by atoms with Crippen molar-refractivity contribution >= 4 is 23.9 Å². The van der Waals surface area contributed by atoms with Crippen LogP contribution >= 0.6 is 0 Å². The summed E-state index contributed by atoms with van der Waals surface area (Å²) >= 11 is 0. The van der Waals surface area contributed by atoms with Gasteiger partial charge in [-0.3, -0.25) is 14.4 Å². The molecule has 0 heterocycles. The van der Waals surface area contributed by atoms with E-state index in [9.17, 15) is 19.2 Å². The van der Waals surface area contributed by atoms with Crippen LogP contribution in [-0.4, -0.2) is 61.1 Å². The van der Waals surface area contributed by atoms with Crippen molar-refractivity contribution in [1.82, 2.24) is 15.5 Å². The van der Waals surface area contributed by atoms with Gasteiger partial charge in [-0.2, -0.15) is 0 Å².